The van der Waals surface area contributed by atoms with Gasteiger partial charge in [0.05, 0.1) is 10.3 Å². The van der Waals surface area contributed by atoms with Crippen molar-refractivity contribution in [1.29, 1.82) is 0 Å². The van der Waals surface area contributed by atoms with Crippen LogP contribution >= 0.6 is 0 Å². The number of carbonyl (C=O) groups is 1. The molecule has 2 aliphatic rings. The molecule has 0 atom stereocenters. The van der Waals surface area contributed by atoms with Crippen LogP contribution in [0.5, 0.6) is 0 Å². The average molecular weight is 379 g/mol. The molecule has 10 nitrogen and oxygen atoms in total. The van der Waals surface area contributed by atoms with Crippen molar-refractivity contribution in [3.8, 4) is 0 Å². The Labute approximate surface area is 156 Å². The maximum absolute atomic E-state index is 11.4. The van der Waals surface area contributed by atoms with Crippen LogP contribution in [0, 0.1) is 15.5 Å². The van der Waals surface area contributed by atoms with Crippen LogP contribution in [0.1, 0.15) is 45.4 Å². The zero-order chi connectivity index (χ0) is 19.4. The number of anilines is 2. The van der Waals surface area contributed by atoms with Gasteiger partial charge in [0.2, 0.25) is 11.8 Å². The van der Waals surface area contributed by atoms with E-state index in [4.69, 9.17) is 4.74 Å². The molecule has 0 spiro atoms. The second kappa shape index (κ2) is 8.03. The summed E-state index contributed by atoms with van der Waals surface area (Å²) in [6.07, 6.45) is 5.15. The van der Waals surface area contributed by atoms with Crippen molar-refractivity contribution in [1.82, 2.24) is 9.97 Å². The van der Waals surface area contributed by atoms with E-state index < -0.39 is 16.3 Å². The highest BCUT2D eigenvalue weighted by Crippen LogP contribution is 2.37. The van der Waals surface area contributed by atoms with E-state index in [2.05, 4.69) is 20.6 Å². The zero-order valence-corrected chi connectivity index (χ0v) is 15.3. The van der Waals surface area contributed by atoms with Gasteiger partial charge in [-0.2, -0.15) is 4.98 Å². The standard InChI is InChI=1S/C17H25N5O5/c1-17(15(23)24)6-2-11(3-7-17)19-14-13(22(25)26)10-18-16(21-14)20-12-4-8-27-9-5-12/h10-12H,2-9H2,1H3,(H,23,24)(H2,18,19,20,21). The zero-order valence-electron chi connectivity index (χ0n) is 15.3. The number of hydrogen-bond donors (Lipinski definition) is 3. The van der Waals surface area contributed by atoms with Crippen molar-refractivity contribution in [3.05, 3.63) is 16.3 Å². The molecule has 1 aromatic rings. The molecular weight excluding hydrogens is 354 g/mol. The third-order valence-corrected chi connectivity index (χ3v) is 5.47. The number of ether oxygens (including phenoxy) is 1. The average Bonchev–Trinajstić information content (AvgIpc) is 2.64. The molecule has 1 aliphatic heterocycles. The van der Waals surface area contributed by atoms with E-state index in [0.717, 1.165) is 12.8 Å². The number of aromatic nitrogens is 2. The molecule has 3 rings (SSSR count). The molecule has 148 valence electrons. The number of nitrogens with one attached hydrogen (secondary N) is 2. The molecule has 2 fully saturated rings. The third-order valence-electron chi connectivity index (χ3n) is 5.47. The minimum Gasteiger partial charge on any atom is -0.481 e. The van der Waals surface area contributed by atoms with Gasteiger partial charge in [-0.05, 0) is 45.4 Å². The van der Waals surface area contributed by atoms with Gasteiger partial charge >= 0.3 is 11.7 Å². The number of aliphatic carboxylic acids is 1. The fourth-order valence-electron chi connectivity index (χ4n) is 3.52. The Morgan fingerprint density at radius 1 is 1.26 bits per heavy atom. The van der Waals surface area contributed by atoms with Crippen LogP contribution in [-0.4, -0.2) is 51.3 Å². The predicted molar refractivity (Wildman–Crippen MR) is 97.8 cm³/mol. The lowest BCUT2D eigenvalue weighted by atomic mass is 9.74. The lowest BCUT2D eigenvalue weighted by molar-refractivity contribution is -0.384. The van der Waals surface area contributed by atoms with Crippen LogP contribution in [-0.2, 0) is 9.53 Å². The fraction of sp³-hybridized carbons (Fsp3) is 0.706. The normalized spacial score (nSPS) is 26.3. The summed E-state index contributed by atoms with van der Waals surface area (Å²) in [5.41, 5.74) is -0.912. The minimum absolute atomic E-state index is 0.0537. The second-order valence-electron chi connectivity index (χ2n) is 7.50. The van der Waals surface area contributed by atoms with Gasteiger partial charge < -0.3 is 20.5 Å². The molecule has 1 aromatic heterocycles. The summed E-state index contributed by atoms with van der Waals surface area (Å²) in [5.74, 6) is -0.272. The number of carboxylic acids is 1. The van der Waals surface area contributed by atoms with E-state index in [9.17, 15) is 20.0 Å². The van der Waals surface area contributed by atoms with Gasteiger partial charge in [0.1, 0.15) is 6.20 Å². The van der Waals surface area contributed by atoms with Crippen molar-refractivity contribution in [2.75, 3.05) is 23.8 Å². The molecule has 1 aliphatic carbocycles. The Morgan fingerprint density at radius 2 is 1.89 bits per heavy atom. The molecule has 0 bridgehead atoms. The van der Waals surface area contributed by atoms with E-state index >= 15 is 0 Å². The Balaban J connectivity index is 1.70. The van der Waals surface area contributed by atoms with E-state index in [1.165, 1.54) is 6.20 Å². The number of carboxylic acid groups (broad SMARTS) is 1. The Hall–Kier alpha value is -2.49. The smallest absolute Gasteiger partial charge is 0.329 e. The summed E-state index contributed by atoms with van der Waals surface area (Å²) in [5, 5.41) is 27.0. The lowest BCUT2D eigenvalue weighted by Gasteiger charge is -2.34. The van der Waals surface area contributed by atoms with Crippen LogP contribution in [0.15, 0.2) is 6.20 Å². The highest BCUT2D eigenvalue weighted by atomic mass is 16.6. The SMILES string of the molecule is CC1(C(=O)O)CCC(Nc2nc(NC3CCOCC3)ncc2[N+](=O)[O-])CC1. The molecule has 0 amide bonds. The highest BCUT2D eigenvalue weighted by Gasteiger charge is 2.38. The fourth-order valence-corrected chi connectivity index (χ4v) is 3.52. The van der Waals surface area contributed by atoms with E-state index in [0.29, 0.717) is 44.8 Å². The Bertz CT molecular complexity index is 699. The summed E-state index contributed by atoms with van der Waals surface area (Å²) in [6, 6.07) is 0.126. The quantitative estimate of drug-likeness (QED) is 0.502. The molecule has 10 heteroatoms. The van der Waals surface area contributed by atoms with Gasteiger partial charge in [-0.1, -0.05) is 0 Å². The van der Waals surface area contributed by atoms with Crippen LogP contribution in [0.3, 0.4) is 0 Å². The Kier molecular flexibility index (Phi) is 5.73. The summed E-state index contributed by atoms with van der Waals surface area (Å²) in [4.78, 5) is 30.6. The van der Waals surface area contributed by atoms with Gasteiger partial charge in [0.15, 0.2) is 0 Å². The number of hydrogen-bond acceptors (Lipinski definition) is 8. The molecule has 0 aromatic carbocycles. The molecule has 0 unspecified atom stereocenters. The van der Waals surface area contributed by atoms with Crippen LogP contribution in [0.4, 0.5) is 17.5 Å². The molecule has 0 radical (unpaired) electrons. The topological polar surface area (TPSA) is 140 Å². The van der Waals surface area contributed by atoms with Gasteiger partial charge in [-0.15, -0.1) is 0 Å². The molecule has 1 saturated carbocycles. The maximum Gasteiger partial charge on any atom is 0.329 e. The first-order valence-corrected chi connectivity index (χ1v) is 9.23. The highest BCUT2D eigenvalue weighted by molar-refractivity contribution is 5.74. The monoisotopic (exact) mass is 379 g/mol. The molecular formula is C17H25N5O5. The number of nitrogens with zero attached hydrogens (tertiary/aromatic N) is 3. The first-order valence-electron chi connectivity index (χ1n) is 9.23. The lowest BCUT2D eigenvalue weighted by Crippen LogP contribution is -2.37. The third kappa shape index (κ3) is 4.62. The van der Waals surface area contributed by atoms with Crippen LogP contribution in [0.2, 0.25) is 0 Å². The summed E-state index contributed by atoms with van der Waals surface area (Å²) in [7, 11) is 0. The van der Waals surface area contributed by atoms with Crippen molar-refractivity contribution in [3.63, 3.8) is 0 Å². The van der Waals surface area contributed by atoms with Crippen molar-refractivity contribution < 1.29 is 19.6 Å². The molecule has 27 heavy (non-hydrogen) atoms. The van der Waals surface area contributed by atoms with Gasteiger partial charge in [-0.25, -0.2) is 4.98 Å². The largest absolute Gasteiger partial charge is 0.481 e. The van der Waals surface area contributed by atoms with Crippen molar-refractivity contribution >= 4 is 23.4 Å². The molecule has 1 saturated heterocycles. The number of nitro groups is 1. The van der Waals surface area contributed by atoms with Gasteiger partial charge in [0.25, 0.3) is 0 Å². The first kappa shape index (κ1) is 19.3. The summed E-state index contributed by atoms with van der Waals surface area (Å²) < 4.78 is 5.32. The van der Waals surface area contributed by atoms with E-state index in [1.807, 2.05) is 0 Å². The predicted octanol–water partition coefficient (Wildman–Crippen LogP) is 2.42. The van der Waals surface area contributed by atoms with Crippen LogP contribution < -0.4 is 10.6 Å². The van der Waals surface area contributed by atoms with Gasteiger partial charge in [-0.3, -0.25) is 14.9 Å². The summed E-state index contributed by atoms with van der Waals surface area (Å²) >= 11 is 0. The maximum atomic E-state index is 11.4. The van der Waals surface area contributed by atoms with E-state index in [1.54, 1.807) is 6.92 Å². The summed E-state index contributed by atoms with van der Waals surface area (Å²) in [6.45, 7) is 3.08. The van der Waals surface area contributed by atoms with Crippen LogP contribution in [0.25, 0.3) is 0 Å². The first-order chi connectivity index (χ1) is 12.9. The number of rotatable bonds is 6. The van der Waals surface area contributed by atoms with Gasteiger partial charge in [0, 0.05) is 25.3 Å². The minimum atomic E-state index is -0.795. The van der Waals surface area contributed by atoms with E-state index in [-0.39, 0.29) is 23.6 Å². The molecule has 3 N–H and O–H groups in total. The van der Waals surface area contributed by atoms with Crippen molar-refractivity contribution in [2.45, 2.75) is 57.5 Å². The Morgan fingerprint density at radius 3 is 2.48 bits per heavy atom. The van der Waals surface area contributed by atoms with Crippen molar-refractivity contribution in [2.24, 2.45) is 5.41 Å². The second-order valence-corrected chi connectivity index (χ2v) is 7.50. The molecule has 2 heterocycles.